The summed E-state index contributed by atoms with van der Waals surface area (Å²) in [7, 11) is 0. The minimum absolute atomic E-state index is 0.0128. The van der Waals surface area contributed by atoms with Crippen LogP contribution in [0.5, 0.6) is 0 Å². The van der Waals surface area contributed by atoms with Gasteiger partial charge in [-0.1, -0.05) is 30.3 Å². The van der Waals surface area contributed by atoms with E-state index in [4.69, 9.17) is 0 Å². The van der Waals surface area contributed by atoms with Crippen molar-refractivity contribution in [1.29, 1.82) is 0 Å². The summed E-state index contributed by atoms with van der Waals surface area (Å²) in [4.78, 5) is 36.5. The average molecular weight is 368 g/mol. The summed E-state index contributed by atoms with van der Waals surface area (Å²) in [6.07, 6.45) is 3.42. The van der Waals surface area contributed by atoms with E-state index in [0.29, 0.717) is 13.0 Å². The van der Waals surface area contributed by atoms with Crippen molar-refractivity contribution in [3.8, 4) is 0 Å². The molecule has 1 fully saturated rings. The molecule has 0 aliphatic carbocycles. The average Bonchev–Trinajstić information content (AvgIpc) is 2.68. The SMILES string of the molecule is O=C(O)c1cc(C(=O)N2CCCCC2Cc2ccccc2)cc([N+](=O)[O-])c1. The van der Waals surface area contributed by atoms with Gasteiger partial charge in [-0.05, 0) is 37.3 Å². The molecule has 3 rings (SSSR count). The van der Waals surface area contributed by atoms with Gasteiger partial charge in [0.1, 0.15) is 0 Å². The van der Waals surface area contributed by atoms with E-state index in [9.17, 15) is 24.8 Å². The first-order valence-electron chi connectivity index (χ1n) is 8.83. The van der Waals surface area contributed by atoms with Crippen LogP contribution in [-0.4, -0.2) is 39.4 Å². The molecule has 2 aromatic rings. The third-order valence-electron chi connectivity index (χ3n) is 4.82. The van der Waals surface area contributed by atoms with Gasteiger partial charge in [0.15, 0.2) is 0 Å². The number of hydrogen-bond acceptors (Lipinski definition) is 4. The first-order valence-corrected chi connectivity index (χ1v) is 8.83. The molecule has 1 aliphatic heterocycles. The predicted octanol–water partition coefficient (Wildman–Crippen LogP) is 3.53. The monoisotopic (exact) mass is 368 g/mol. The van der Waals surface area contributed by atoms with Crippen LogP contribution in [0.4, 0.5) is 5.69 Å². The van der Waals surface area contributed by atoms with Gasteiger partial charge in [0.2, 0.25) is 0 Å². The fourth-order valence-electron chi connectivity index (χ4n) is 3.50. The number of carbonyl (C=O) groups excluding carboxylic acids is 1. The van der Waals surface area contributed by atoms with Crippen molar-refractivity contribution < 1.29 is 19.6 Å². The van der Waals surface area contributed by atoms with Crippen LogP contribution in [0.3, 0.4) is 0 Å². The Hall–Kier alpha value is -3.22. The molecular weight excluding hydrogens is 348 g/mol. The van der Waals surface area contributed by atoms with Gasteiger partial charge in [0.25, 0.3) is 11.6 Å². The van der Waals surface area contributed by atoms with Crippen molar-refractivity contribution in [2.45, 2.75) is 31.7 Å². The Morgan fingerprint density at radius 2 is 1.81 bits per heavy atom. The van der Waals surface area contributed by atoms with E-state index >= 15 is 0 Å². The number of likely N-dealkylation sites (tertiary alicyclic amines) is 1. The zero-order valence-electron chi connectivity index (χ0n) is 14.7. The lowest BCUT2D eigenvalue weighted by atomic mass is 9.94. The number of carboxylic acid groups (broad SMARTS) is 1. The zero-order valence-corrected chi connectivity index (χ0v) is 14.7. The van der Waals surface area contributed by atoms with Crippen LogP contribution in [0.25, 0.3) is 0 Å². The van der Waals surface area contributed by atoms with Gasteiger partial charge in [0, 0.05) is 30.3 Å². The molecule has 7 heteroatoms. The normalized spacial score (nSPS) is 16.7. The van der Waals surface area contributed by atoms with Crippen LogP contribution in [0.2, 0.25) is 0 Å². The highest BCUT2D eigenvalue weighted by Gasteiger charge is 2.29. The fourth-order valence-corrected chi connectivity index (χ4v) is 3.50. The molecule has 2 aromatic carbocycles. The fraction of sp³-hybridized carbons (Fsp3) is 0.300. The highest BCUT2D eigenvalue weighted by atomic mass is 16.6. The maximum atomic E-state index is 13.1. The number of piperidine rings is 1. The standard InChI is InChI=1S/C20H20N2O5/c23-19(15-11-16(20(24)25)13-18(12-15)22(26)27)21-9-5-4-8-17(21)10-14-6-2-1-3-7-14/h1-3,6-7,11-13,17H,4-5,8-10H2,(H,24,25). The number of aromatic carboxylic acids is 1. The van der Waals surface area contributed by atoms with Gasteiger partial charge in [-0.2, -0.15) is 0 Å². The number of non-ortho nitro benzene ring substituents is 1. The highest BCUT2D eigenvalue weighted by molar-refractivity contribution is 5.98. The van der Waals surface area contributed by atoms with E-state index in [1.165, 1.54) is 6.07 Å². The molecule has 0 saturated carbocycles. The van der Waals surface area contributed by atoms with Gasteiger partial charge in [-0.25, -0.2) is 4.79 Å². The second-order valence-electron chi connectivity index (χ2n) is 6.67. The summed E-state index contributed by atoms with van der Waals surface area (Å²) in [5.74, 6) is -1.66. The topological polar surface area (TPSA) is 101 Å². The van der Waals surface area contributed by atoms with Crippen LogP contribution >= 0.6 is 0 Å². The van der Waals surface area contributed by atoms with E-state index in [-0.39, 0.29) is 23.1 Å². The van der Waals surface area contributed by atoms with Gasteiger partial charge in [0.05, 0.1) is 10.5 Å². The van der Waals surface area contributed by atoms with Crippen LogP contribution in [0.1, 0.15) is 45.5 Å². The molecule has 27 heavy (non-hydrogen) atoms. The number of benzene rings is 2. The maximum absolute atomic E-state index is 13.1. The lowest BCUT2D eigenvalue weighted by molar-refractivity contribution is -0.384. The van der Waals surface area contributed by atoms with Crippen molar-refractivity contribution in [2.24, 2.45) is 0 Å². The molecule has 0 radical (unpaired) electrons. The summed E-state index contributed by atoms with van der Waals surface area (Å²) in [5, 5.41) is 20.3. The summed E-state index contributed by atoms with van der Waals surface area (Å²) in [6.45, 7) is 0.557. The summed E-state index contributed by atoms with van der Waals surface area (Å²) in [5.41, 5.74) is 0.507. The Morgan fingerprint density at radius 3 is 2.48 bits per heavy atom. The molecular formula is C20H20N2O5. The third kappa shape index (κ3) is 4.31. The predicted molar refractivity (Wildman–Crippen MR) is 98.9 cm³/mol. The molecule has 0 spiro atoms. The Bertz CT molecular complexity index is 834. The first-order chi connectivity index (χ1) is 13.0. The van der Waals surface area contributed by atoms with Crippen molar-refractivity contribution in [3.05, 3.63) is 75.3 Å². The molecule has 1 unspecified atom stereocenters. The molecule has 1 amide bonds. The number of amides is 1. The number of nitro groups is 1. The smallest absolute Gasteiger partial charge is 0.335 e. The van der Waals surface area contributed by atoms with E-state index in [1.807, 2.05) is 30.3 Å². The molecule has 7 nitrogen and oxygen atoms in total. The number of nitrogens with zero attached hydrogens (tertiary/aromatic N) is 2. The molecule has 1 atom stereocenters. The van der Waals surface area contributed by atoms with Crippen LogP contribution in [-0.2, 0) is 6.42 Å². The van der Waals surface area contributed by atoms with E-state index in [1.54, 1.807) is 4.90 Å². The number of nitro benzene ring substituents is 1. The second-order valence-corrected chi connectivity index (χ2v) is 6.67. The summed E-state index contributed by atoms with van der Waals surface area (Å²) in [6, 6.07) is 13.2. The van der Waals surface area contributed by atoms with E-state index < -0.39 is 16.6 Å². The van der Waals surface area contributed by atoms with Crippen molar-refractivity contribution in [3.63, 3.8) is 0 Å². The van der Waals surface area contributed by atoms with Gasteiger partial charge < -0.3 is 10.0 Å². The lowest BCUT2D eigenvalue weighted by Gasteiger charge is -2.36. The van der Waals surface area contributed by atoms with Crippen LogP contribution < -0.4 is 0 Å². The minimum atomic E-state index is -1.30. The highest BCUT2D eigenvalue weighted by Crippen LogP contribution is 2.25. The first kappa shape index (κ1) is 18.6. The minimum Gasteiger partial charge on any atom is -0.478 e. The summed E-state index contributed by atoms with van der Waals surface area (Å²) >= 11 is 0. The Kier molecular flexibility index (Phi) is 5.49. The van der Waals surface area contributed by atoms with Gasteiger partial charge >= 0.3 is 5.97 Å². The van der Waals surface area contributed by atoms with Crippen molar-refractivity contribution in [2.75, 3.05) is 6.54 Å². The zero-order chi connectivity index (χ0) is 19.4. The quantitative estimate of drug-likeness (QED) is 0.643. The molecule has 140 valence electrons. The molecule has 1 N–H and O–H groups in total. The van der Waals surface area contributed by atoms with Crippen molar-refractivity contribution in [1.82, 2.24) is 4.90 Å². The Labute approximate surface area is 156 Å². The molecule has 0 aromatic heterocycles. The Morgan fingerprint density at radius 1 is 1.11 bits per heavy atom. The second kappa shape index (κ2) is 7.99. The number of hydrogen-bond donors (Lipinski definition) is 1. The summed E-state index contributed by atoms with van der Waals surface area (Å²) < 4.78 is 0. The van der Waals surface area contributed by atoms with Gasteiger partial charge in [-0.3, -0.25) is 14.9 Å². The van der Waals surface area contributed by atoms with E-state index in [0.717, 1.165) is 37.0 Å². The van der Waals surface area contributed by atoms with Gasteiger partial charge in [-0.15, -0.1) is 0 Å². The Balaban J connectivity index is 1.90. The molecule has 1 aliphatic rings. The largest absolute Gasteiger partial charge is 0.478 e. The number of carboxylic acids is 1. The molecule has 1 heterocycles. The number of carbonyl (C=O) groups is 2. The third-order valence-corrected chi connectivity index (χ3v) is 4.82. The van der Waals surface area contributed by atoms with E-state index in [2.05, 4.69) is 0 Å². The maximum Gasteiger partial charge on any atom is 0.335 e. The molecule has 1 saturated heterocycles. The molecule has 0 bridgehead atoms. The lowest BCUT2D eigenvalue weighted by Crippen LogP contribution is -2.44. The number of rotatable bonds is 5. The van der Waals surface area contributed by atoms with Crippen molar-refractivity contribution >= 4 is 17.6 Å². The van der Waals surface area contributed by atoms with Crippen LogP contribution in [0.15, 0.2) is 48.5 Å². The van der Waals surface area contributed by atoms with Crippen LogP contribution in [0, 0.1) is 10.1 Å².